The Morgan fingerprint density at radius 1 is 1.10 bits per heavy atom. The number of fused-ring (bicyclic) bond motifs is 1. The van der Waals surface area contributed by atoms with Crippen molar-refractivity contribution in [2.75, 3.05) is 23.3 Å². The van der Waals surface area contributed by atoms with E-state index in [-0.39, 0.29) is 17.6 Å². The van der Waals surface area contributed by atoms with Gasteiger partial charge in [0.1, 0.15) is 11.6 Å². The van der Waals surface area contributed by atoms with Gasteiger partial charge < -0.3 is 15.3 Å². The average Bonchev–Trinajstić information content (AvgIpc) is 3.36. The predicted octanol–water partition coefficient (Wildman–Crippen LogP) is 2.75. The van der Waals surface area contributed by atoms with Gasteiger partial charge in [-0.1, -0.05) is 12.1 Å². The van der Waals surface area contributed by atoms with Crippen LogP contribution >= 0.6 is 0 Å². The van der Waals surface area contributed by atoms with Crippen molar-refractivity contribution < 1.29 is 9.90 Å². The van der Waals surface area contributed by atoms with Crippen LogP contribution in [0.1, 0.15) is 42.0 Å². The number of aromatic hydroxyl groups is 1. The zero-order valence-electron chi connectivity index (χ0n) is 16.2. The SMILES string of the molecule is Cc1nn(-c2ccc(N3CCCC3)nn2)c2c1[C@@H](c1cccc(O)c1)CC(=O)N2. The van der Waals surface area contributed by atoms with Gasteiger partial charge in [0.25, 0.3) is 0 Å². The minimum Gasteiger partial charge on any atom is -0.508 e. The number of carbonyl (C=O) groups excluding carboxylic acids is 1. The van der Waals surface area contributed by atoms with Gasteiger partial charge in [-0.3, -0.25) is 4.79 Å². The van der Waals surface area contributed by atoms with Crippen molar-refractivity contribution in [2.24, 2.45) is 0 Å². The Morgan fingerprint density at radius 3 is 2.59 bits per heavy atom. The molecule has 1 aromatic carbocycles. The summed E-state index contributed by atoms with van der Waals surface area (Å²) in [5.74, 6) is 1.98. The van der Waals surface area contributed by atoms with Gasteiger partial charge in [0.15, 0.2) is 11.6 Å². The molecule has 1 amide bonds. The molecule has 148 valence electrons. The van der Waals surface area contributed by atoms with Crippen molar-refractivity contribution in [1.29, 1.82) is 0 Å². The van der Waals surface area contributed by atoms with Crippen LogP contribution < -0.4 is 10.2 Å². The van der Waals surface area contributed by atoms with Crippen LogP contribution in [0.25, 0.3) is 5.82 Å². The fourth-order valence-corrected chi connectivity index (χ4v) is 4.29. The van der Waals surface area contributed by atoms with Gasteiger partial charge in [-0.05, 0) is 49.6 Å². The van der Waals surface area contributed by atoms with E-state index in [2.05, 4.69) is 25.5 Å². The van der Waals surface area contributed by atoms with E-state index in [0.29, 0.717) is 18.1 Å². The summed E-state index contributed by atoms with van der Waals surface area (Å²) in [5.41, 5.74) is 2.65. The van der Waals surface area contributed by atoms with Crippen molar-refractivity contribution >= 4 is 17.5 Å². The Labute approximate surface area is 168 Å². The average molecular weight is 390 g/mol. The molecular weight excluding hydrogens is 368 g/mol. The van der Waals surface area contributed by atoms with Gasteiger partial charge in [-0.15, -0.1) is 10.2 Å². The molecule has 1 saturated heterocycles. The first kappa shape index (κ1) is 17.7. The van der Waals surface area contributed by atoms with Crippen molar-refractivity contribution in [1.82, 2.24) is 20.0 Å². The first-order chi connectivity index (χ1) is 14.1. The number of phenols is 1. The summed E-state index contributed by atoms with van der Waals surface area (Å²) in [4.78, 5) is 14.7. The van der Waals surface area contributed by atoms with E-state index in [9.17, 15) is 9.90 Å². The molecule has 1 atom stereocenters. The molecule has 0 spiro atoms. The Hall–Kier alpha value is -3.42. The van der Waals surface area contributed by atoms with Crippen molar-refractivity contribution in [3.8, 4) is 11.6 Å². The minimum atomic E-state index is -0.170. The van der Waals surface area contributed by atoms with E-state index in [4.69, 9.17) is 0 Å². The molecule has 2 aliphatic heterocycles. The lowest BCUT2D eigenvalue weighted by molar-refractivity contribution is -0.116. The number of anilines is 2. The van der Waals surface area contributed by atoms with Crippen LogP contribution in [0.3, 0.4) is 0 Å². The molecule has 2 aromatic heterocycles. The van der Waals surface area contributed by atoms with Crippen LogP contribution in [0.15, 0.2) is 36.4 Å². The van der Waals surface area contributed by atoms with Gasteiger partial charge >= 0.3 is 0 Å². The summed E-state index contributed by atoms with van der Waals surface area (Å²) in [7, 11) is 0. The second-order valence-electron chi connectivity index (χ2n) is 7.60. The van der Waals surface area contributed by atoms with Crippen molar-refractivity contribution in [3.05, 3.63) is 53.2 Å². The maximum absolute atomic E-state index is 12.5. The summed E-state index contributed by atoms with van der Waals surface area (Å²) in [5, 5.41) is 26.2. The van der Waals surface area contributed by atoms with E-state index in [1.165, 1.54) is 12.8 Å². The zero-order chi connectivity index (χ0) is 20.0. The highest BCUT2D eigenvalue weighted by Gasteiger charge is 2.33. The van der Waals surface area contributed by atoms with Crippen LogP contribution in [0.2, 0.25) is 0 Å². The molecular formula is C21H22N6O2. The molecule has 3 aromatic rings. The standard InChI is InChI=1S/C21H22N6O2/c1-13-20-16(14-5-4-6-15(28)11-14)12-19(29)22-21(20)27(25-13)18-8-7-17(23-24-18)26-9-2-3-10-26/h4-8,11,16,28H,2-3,9-10,12H2,1H3,(H,22,29)/t16-/m1/s1. The number of aryl methyl sites for hydroxylation is 1. The second kappa shape index (κ2) is 6.88. The number of benzene rings is 1. The number of carbonyl (C=O) groups is 1. The monoisotopic (exact) mass is 390 g/mol. The summed E-state index contributed by atoms with van der Waals surface area (Å²) in [6.07, 6.45) is 2.66. The zero-order valence-corrected chi connectivity index (χ0v) is 16.2. The third-order valence-electron chi connectivity index (χ3n) is 5.66. The quantitative estimate of drug-likeness (QED) is 0.714. The lowest BCUT2D eigenvalue weighted by atomic mass is 9.86. The number of aromatic nitrogens is 4. The number of rotatable bonds is 3. The lowest BCUT2D eigenvalue weighted by Gasteiger charge is -2.24. The fourth-order valence-electron chi connectivity index (χ4n) is 4.29. The lowest BCUT2D eigenvalue weighted by Crippen LogP contribution is -2.25. The minimum absolute atomic E-state index is 0.0892. The first-order valence-corrected chi connectivity index (χ1v) is 9.87. The maximum atomic E-state index is 12.5. The number of nitrogens with zero attached hydrogens (tertiary/aromatic N) is 5. The van der Waals surface area contributed by atoms with Crippen LogP contribution in [-0.4, -0.2) is 44.1 Å². The normalized spacial score (nSPS) is 18.6. The topological polar surface area (TPSA) is 96.2 Å². The third-order valence-corrected chi connectivity index (χ3v) is 5.66. The molecule has 0 bridgehead atoms. The first-order valence-electron chi connectivity index (χ1n) is 9.87. The van der Waals surface area contributed by atoms with E-state index in [0.717, 1.165) is 35.7 Å². The van der Waals surface area contributed by atoms with Crippen molar-refractivity contribution in [3.63, 3.8) is 0 Å². The highest BCUT2D eigenvalue weighted by atomic mass is 16.3. The van der Waals surface area contributed by atoms with Crippen LogP contribution in [0.4, 0.5) is 11.6 Å². The summed E-state index contributed by atoms with van der Waals surface area (Å²) < 4.78 is 1.65. The van der Waals surface area contributed by atoms with Crippen LogP contribution in [-0.2, 0) is 4.79 Å². The van der Waals surface area contributed by atoms with Gasteiger partial charge in [-0.2, -0.15) is 9.78 Å². The van der Waals surface area contributed by atoms with E-state index >= 15 is 0 Å². The van der Waals surface area contributed by atoms with Gasteiger partial charge in [0, 0.05) is 31.0 Å². The van der Waals surface area contributed by atoms with Gasteiger partial charge in [0.2, 0.25) is 5.91 Å². The highest BCUT2D eigenvalue weighted by Crippen LogP contribution is 2.40. The summed E-state index contributed by atoms with van der Waals surface area (Å²) >= 11 is 0. The Balaban J connectivity index is 1.55. The molecule has 0 saturated carbocycles. The molecule has 1 fully saturated rings. The Kier molecular flexibility index (Phi) is 4.19. The number of phenolic OH excluding ortho intramolecular Hbond substituents is 1. The Morgan fingerprint density at radius 2 is 1.86 bits per heavy atom. The molecule has 5 rings (SSSR count). The molecule has 0 unspecified atom stereocenters. The Bertz CT molecular complexity index is 1070. The smallest absolute Gasteiger partial charge is 0.226 e. The van der Waals surface area contributed by atoms with Gasteiger partial charge in [-0.25, -0.2) is 0 Å². The molecule has 0 radical (unpaired) electrons. The van der Waals surface area contributed by atoms with E-state index in [1.807, 2.05) is 25.1 Å². The molecule has 0 aliphatic carbocycles. The molecule has 2 aliphatic rings. The van der Waals surface area contributed by atoms with E-state index < -0.39 is 0 Å². The second-order valence-corrected chi connectivity index (χ2v) is 7.60. The largest absolute Gasteiger partial charge is 0.508 e. The van der Waals surface area contributed by atoms with Crippen LogP contribution in [0, 0.1) is 6.92 Å². The number of amides is 1. The molecule has 4 heterocycles. The summed E-state index contributed by atoms with van der Waals surface area (Å²) in [6.45, 7) is 3.94. The molecule has 29 heavy (non-hydrogen) atoms. The number of nitrogens with one attached hydrogen (secondary N) is 1. The fraction of sp³-hybridized carbons (Fsp3) is 0.333. The van der Waals surface area contributed by atoms with Gasteiger partial charge in [0.05, 0.1) is 5.69 Å². The molecule has 8 nitrogen and oxygen atoms in total. The summed E-state index contributed by atoms with van der Waals surface area (Å²) in [6, 6.07) is 10.9. The number of hydrogen-bond acceptors (Lipinski definition) is 6. The molecule has 8 heteroatoms. The highest BCUT2D eigenvalue weighted by molar-refractivity contribution is 5.95. The predicted molar refractivity (Wildman–Crippen MR) is 109 cm³/mol. The van der Waals surface area contributed by atoms with E-state index in [1.54, 1.807) is 22.9 Å². The number of hydrogen-bond donors (Lipinski definition) is 2. The van der Waals surface area contributed by atoms with Crippen molar-refractivity contribution in [2.45, 2.75) is 32.1 Å². The van der Waals surface area contributed by atoms with Crippen LogP contribution in [0.5, 0.6) is 5.75 Å². The molecule has 2 N–H and O–H groups in total. The maximum Gasteiger partial charge on any atom is 0.226 e. The third kappa shape index (κ3) is 3.10.